The van der Waals surface area contributed by atoms with Gasteiger partial charge in [-0.05, 0) is 25.5 Å². The number of nitrogens with zero attached hydrogens (tertiary/aromatic N) is 4. The highest BCUT2D eigenvalue weighted by Crippen LogP contribution is 2.12. The number of likely N-dealkylation sites (N-methyl/N-ethyl adjacent to an activating group) is 1. The molecule has 7 nitrogen and oxygen atoms in total. The average Bonchev–Trinajstić information content (AvgIpc) is 2.88. The lowest BCUT2D eigenvalue weighted by molar-refractivity contribution is -0.138. The number of hydrogen-bond acceptors (Lipinski definition) is 4. The zero-order valence-electron chi connectivity index (χ0n) is 13.3. The topological polar surface area (TPSA) is 88.3 Å². The Kier molecular flexibility index (Phi) is 5.46. The third kappa shape index (κ3) is 4.38. The fraction of sp³-hybridized carbons (Fsp3) is 0.375. The van der Waals surface area contributed by atoms with Gasteiger partial charge in [-0.1, -0.05) is 23.4 Å². The molecule has 23 heavy (non-hydrogen) atoms. The number of hydrogen-bond donors (Lipinski definition) is 1. The molecule has 1 aromatic carbocycles. The molecule has 0 aliphatic carbocycles. The molecule has 0 aliphatic heterocycles. The molecule has 0 radical (unpaired) electrons. The summed E-state index contributed by atoms with van der Waals surface area (Å²) in [6, 6.07) is 9.60. The molecule has 1 amide bonds. The Hall–Kier alpha value is -2.70. The molecule has 122 valence electrons. The van der Waals surface area contributed by atoms with Crippen LogP contribution < -0.4 is 0 Å². The summed E-state index contributed by atoms with van der Waals surface area (Å²) in [7, 11) is 1.67. The van der Waals surface area contributed by atoms with Crippen molar-refractivity contribution >= 4 is 11.9 Å². The largest absolute Gasteiger partial charge is 0.481 e. The SMILES string of the molecule is Cc1c(CC(=O)N(C)CCCC(=O)O)nnn1-c1ccccc1. The van der Waals surface area contributed by atoms with E-state index >= 15 is 0 Å². The van der Waals surface area contributed by atoms with Crippen LogP contribution in [0.1, 0.15) is 24.2 Å². The molecule has 0 fully saturated rings. The van der Waals surface area contributed by atoms with Crippen molar-refractivity contribution in [3.8, 4) is 5.69 Å². The second kappa shape index (κ2) is 7.53. The first kappa shape index (κ1) is 16.7. The maximum absolute atomic E-state index is 12.2. The molecule has 1 aromatic heterocycles. The fourth-order valence-corrected chi connectivity index (χ4v) is 2.21. The Balaban J connectivity index is 1.99. The molecular formula is C16H20N4O3. The van der Waals surface area contributed by atoms with E-state index in [-0.39, 0.29) is 18.7 Å². The second-order valence-corrected chi connectivity index (χ2v) is 5.36. The zero-order chi connectivity index (χ0) is 16.8. The van der Waals surface area contributed by atoms with Crippen LogP contribution in [0.4, 0.5) is 0 Å². The predicted octanol–water partition coefficient (Wildman–Crippen LogP) is 1.44. The lowest BCUT2D eigenvalue weighted by atomic mass is 10.2. The van der Waals surface area contributed by atoms with E-state index in [1.54, 1.807) is 11.7 Å². The minimum Gasteiger partial charge on any atom is -0.481 e. The number of carbonyl (C=O) groups is 2. The first-order chi connectivity index (χ1) is 11.0. The van der Waals surface area contributed by atoms with Crippen molar-refractivity contribution in [3.05, 3.63) is 41.7 Å². The van der Waals surface area contributed by atoms with Crippen LogP contribution in [0.15, 0.2) is 30.3 Å². The second-order valence-electron chi connectivity index (χ2n) is 5.36. The predicted molar refractivity (Wildman–Crippen MR) is 84.3 cm³/mol. The molecule has 0 bridgehead atoms. The van der Waals surface area contributed by atoms with E-state index in [4.69, 9.17) is 5.11 Å². The van der Waals surface area contributed by atoms with E-state index in [9.17, 15) is 9.59 Å². The van der Waals surface area contributed by atoms with E-state index in [1.165, 1.54) is 4.90 Å². The van der Waals surface area contributed by atoms with Crippen molar-refractivity contribution in [3.63, 3.8) is 0 Å². The van der Waals surface area contributed by atoms with Crippen molar-refractivity contribution in [2.24, 2.45) is 0 Å². The highest BCUT2D eigenvalue weighted by atomic mass is 16.4. The van der Waals surface area contributed by atoms with Crippen LogP contribution in [0.5, 0.6) is 0 Å². The molecule has 7 heteroatoms. The van der Waals surface area contributed by atoms with Gasteiger partial charge in [-0.15, -0.1) is 5.10 Å². The number of aromatic nitrogens is 3. The van der Waals surface area contributed by atoms with Crippen molar-refractivity contribution in [1.29, 1.82) is 0 Å². The number of para-hydroxylation sites is 1. The van der Waals surface area contributed by atoms with E-state index in [2.05, 4.69) is 10.3 Å². The van der Waals surface area contributed by atoms with Gasteiger partial charge in [0, 0.05) is 20.0 Å². The van der Waals surface area contributed by atoms with Crippen LogP contribution in [0, 0.1) is 6.92 Å². The standard InChI is InChI=1S/C16H20N4O3/c1-12-14(11-15(21)19(2)10-6-9-16(22)23)17-18-20(12)13-7-4-3-5-8-13/h3-5,7-8H,6,9-11H2,1-2H3,(H,22,23). The number of rotatable bonds is 7. The minimum absolute atomic E-state index is 0.0564. The fourth-order valence-electron chi connectivity index (χ4n) is 2.21. The Morgan fingerprint density at radius 1 is 1.26 bits per heavy atom. The van der Waals surface area contributed by atoms with Crippen molar-refractivity contribution in [2.45, 2.75) is 26.2 Å². The third-order valence-electron chi connectivity index (χ3n) is 3.62. The molecule has 0 unspecified atom stereocenters. The molecular weight excluding hydrogens is 296 g/mol. The van der Waals surface area contributed by atoms with Crippen LogP contribution >= 0.6 is 0 Å². The Labute approximate surface area is 134 Å². The quantitative estimate of drug-likeness (QED) is 0.835. The summed E-state index contributed by atoms with van der Waals surface area (Å²) < 4.78 is 1.70. The smallest absolute Gasteiger partial charge is 0.303 e. The summed E-state index contributed by atoms with van der Waals surface area (Å²) in [5, 5.41) is 16.8. The molecule has 2 rings (SSSR count). The van der Waals surface area contributed by atoms with Crippen LogP contribution in [-0.2, 0) is 16.0 Å². The first-order valence-electron chi connectivity index (χ1n) is 7.41. The molecule has 0 saturated carbocycles. The van der Waals surface area contributed by atoms with E-state index in [1.807, 2.05) is 37.3 Å². The van der Waals surface area contributed by atoms with Crippen molar-refractivity contribution < 1.29 is 14.7 Å². The average molecular weight is 316 g/mol. The highest BCUT2D eigenvalue weighted by Gasteiger charge is 2.16. The van der Waals surface area contributed by atoms with E-state index in [0.29, 0.717) is 18.7 Å². The van der Waals surface area contributed by atoms with Crippen LogP contribution in [0.2, 0.25) is 0 Å². The van der Waals surface area contributed by atoms with Gasteiger partial charge in [-0.2, -0.15) is 0 Å². The summed E-state index contributed by atoms with van der Waals surface area (Å²) in [6.07, 6.45) is 0.649. The summed E-state index contributed by atoms with van der Waals surface area (Å²) >= 11 is 0. The summed E-state index contributed by atoms with van der Waals surface area (Å²) in [5.41, 5.74) is 2.35. The minimum atomic E-state index is -0.854. The molecule has 1 N–H and O–H groups in total. The third-order valence-corrected chi connectivity index (χ3v) is 3.62. The Bertz CT molecular complexity index is 682. The maximum atomic E-state index is 12.2. The Morgan fingerprint density at radius 2 is 1.96 bits per heavy atom. The number of carbonyl (C=O) groups excluding carboxylic acids is 1. The van der Waals surface area contributed by atoms with Crippen LogP contribution in [0.3, 0.4) is 0 Å². The van der Waals surface area contributed by atoms with Gasteiger partial charge >= 0.3 is 5.97 Å². The van der Waals surface area contributed by atoms with Gasteiger partial charge in [0.2, 0.25) is 5.91 Å². The van der Waals surface area contributed by atoms with E-state index in [0.717, 1.165) is 11.4 Å². The summed E-state index contributed by atoms with van der Waals surface area (Å²) in [4.78, 5) is 24.2. The number of carboxylic acids is 1. The van der Waals surface area contributed by atoms with Crippen molar-refractivity contribution in [1.82, 2.24) is 19.9 Å². The molecule has 0 atom stereocenters. The zero-order valence-corrected chi connectivity index (χ0v) is 13.3. The maximum Gasteiger partial charge on any atom is 0.303 e. The first-order valence-corrected chi connectivity index (χ1v) is 7.41. The summed E-state index contributed by atoms with van der Waals surface area (Å²) in [5.74, 6) is -0.953. The van der Waals surface area contributed by atoms with Gasteiger partial charge in [-0.25, -0.2) is 4.68 Å². The number of carboxylic acid groups (broad SMARTS) is 1. The van der Waals surface area contributed by atoms with Gasteiger partial charge in [-0.3, -0.25) is 9.59 Å². The van der Waals surface area contributed by atoms with Crippen molar-refractivity contribution in [2.75, 3.05) is 13.6 Å². The molecule has 0 spiro atoms. The van der Waals surface area contributed by atoms with E-state index < -0.39 is 5.97 Å². The van der Waals surface area contributed by atoms with Crippen LogP contribution in [-0.4, -0.2) is 50.5 Å². The summed E-state index contributed by atoms with van der Waals surface area (Å²) in [6.45, 7) is 2.29. The lowest BCUT2D eigenvalue weighted by Crippen LogP contribution is -2.29. The van der Waals surface area contributed by atoms with Gasteiger partial charge in [0.1, 0.15) is 0 Å². The molecule has 0 saturated heterocycles. The Morgan fingerprint density at radius 3 is 2.61 bits per heavy atom. The highest BCUT2D eigenvalue weighted by molar-refractivity contribution is 5.78. The molecule has 2 aromatic rings. The number of amides is 1. The molecule has 0 aliphatic rings. The van der Waals surface area contributed by atoms with Gasteiger partial charge in [0.05, 0.1) is 23.5 Å². The number of aliphatic carboxylic acids is 1. The lowest BCUT2D eigenvalue weighted by Gasteiger charge is -2.16. The van der Waals surface area contributed by atoms with Crippen LogP contribution in [0.25, 0.3) is 5.69 Å². The van der Waals surface area contributed by atoms with Gasteiger partial charge < -0.3 is 10.0 Å². The van der Waals surface area contributed by atoms with Gasteiger partial charge in [0.15, 0.2) is 0 Å². The monoisotopic (exact) mass is 316 g/mol. The normalized spacial score (nSPS) is 10.5. The number of benzene rings is 1. The molecule has 1 heterocycles. The van der Waals surface area contributed by atoms with Gasteiger partial charge in [0.25, 0.3) is 0 Å².